The summed E-state index contributed by atoms with van der Waals surface area (Å²) in [7, 11) is 1.37. The number of anilines is 2. The molecule has 3 aromatic heterocycles. The van der Waals surface area contributed by atoms with Crippen LogP contribution >= 0.6 is 11.3 Å². The van der Waals surface area contributed by atoms with Crippen molar-refractivity contribution in [2.45, 2.75) is 19.8 Å². The maximum Gasteiger partial charge on any atom is 0.337 e. The third-order valence-electron chi connectivity index (χ3n) is 7.51. The van der Waals surface area contributed by atoms with Gasteiger partial charge in [-0.25, -0.2) is 14.8 Å². The molecule has 214 valence electrons. The molecular formula is C32H30N4O5S. The summed E-state index contributed by atoms with van der Waals surface area (Å²) in [6.45, 7) is 4.19. The number of methoxy groups -OCH3 is 1. The van der Waals surface area contributed by atoms with Crippen molar-refractivity contribution in [2.75, 3.05) is 37.0 Å². The van der Waals surface area contributed by atoms with Gasteiger partial charge in [0, 0.05) is 41.2 Å². The average Bonchev–Trinajstić information content (AvgIpc) is 3.69. The highest BCUT2D eigenvalue weighted by molar-refractivity contribution is 7.13. The molecule has 1 aliphatic rings. The van der Waals surface area contributed by atoms with Crippen molar-refractivity contribution in [3.05, 3.63) is 89.3 Å². The van der Waals surface area contributed by atoms with Crippen molar-refractivity contribution in [3.63, 3.8) is 0 Å². The number of fused-ring (bicyclic) bond motifs is 1. The average molecular weight is 583 g/mol. The molecule has 0 bridgehead atoms. The van der Waals surface area contributed by atoms with Crippen LogP contribution in [0, 0.1) is 12.8 Å². The van der Waals surface area contributed by atoms with Gasteiger partial charge < -0.3 is 24.1 Å². The first-order valence-corrected chi connectivity index (χ1v) is 14.6. The summed E-state index contributed by atoms with van der Waals surface area (Å²) in [5, 5.41) is 6.68. The Balaban J connectivity index is 1.03. The largest absolute Gasteiger partial charge is 0.493 e. The normalized spacial score (nSPS) is 13.7. The molecule has 1 amide bonds. The van der Waals surface area contributed by atoms with E-state index in [0.717, 1.165) is 53.3 Å². The number of nitrogens with one attached hydrogen (secondary N) is 1. The Bertz CT molecular complexity index is 1710. The van der Waals surface area contributed by atoms with E-state index in [2.05, 4.69) is 20.2 Å². The number of hydrogen-bond donors (Lipinski definition) is 1. The Morgan fingerprint density at radius 3 is 2.69 bits per heavy atom. The highest BCUT2D eigenvalue weighted by Crippen LogP contribution is 2.31. The van der Waals surface area contributed by atoms with Crippen molar-refractivity contribution in [1.29, 1.82) is 0 Å². The SMILES string of the molecule is COC(=O)c1cccc(OCC2CCN(c3ccc(NC(=O)c4oc5ccc(-c6nccs6)cc5c4C)cn3)CC2)c1. The number of ether oxygens (including phenoxy) is 2. The van der Waals surface area contributed by atoms with E-state index in [9.17, 15) is 9.59 Å². The predicted molar refractivity (Wildman–Crippen MR) is 162 cm³/mol. The molecule has 5 aromatic rings. The first-order valence-electron chi connectivity index (χ1n) is 13.7. The second-order valence-electron chi connectivity index (χ2n) is 10.2. The van der Waals surface area contributed by atoms with Gasteiger partial charge in [0.1, 0.15) is 22.2 Å². The fourth-order valence-corrected chi connectivity index (χ4v) is 5.78. The molecule has 1 N–H and O–H groups in total. The van der Waals surface area contributed by atoms with Crippen LogP contribution in [0.1, 0.15) is 39.3 Å². The number of furan rings is 1. The number of carbonyl (C=O) groups is 2. The summed E-state index contributed by atoms with van der Waals surface area (Å²) < 4.78 is 16.7. The number of amides is 1. The number of esters is 1. The summed E-state index contributed by atoms with van der Waals surface area (Å²) in [5.74, 6) is 1.54. The maximum absolute atomic E-state index is 13.1. The molecule has 1 aliphatic heterocycles. The quantitative estimate of drug-likeness (QED) is 0.204. The lowest BCUT2D eigenvalue weighted by Gasteiger charge is -2.32. The van der Waals surface area contributed by atoms with Crippen molar-refractivity contribution in [2.24, 2.45) is 5.92 Å². The zero-order valence-electron chi connectivity index (χ0n) is 23.3. The number of aryl methyl sites for hydroxylation is 1. The first kappa shape index (κ1) is 27.5. The van der Waals surface area contributed by atoms with Crippen LogP contribution in [0.5, 0.6) is 5.75 Å². The minimum Gasteiger partial charge on any atom is -0.493 e. The van der Waals surface area contributed by atoms with Gasteiger partial charge in [-0.1, -0.05) is 6.07 Å². The number of hydrogen-bond acceptors (Lipinski definition) is 9. The molecule has 1 saturated heterocycles. The molecule has 0 spiro atoms. The lowest BCUT2D eigenvalue weighted by molar-refractivity contribution is 0.0600. The number of thiazole rings is 1. The van der Waals surface area contributed by atoms with Crippen molar-refractivity contribution < 1.29 is 23.5 Å². The van der Waals surface area contributed by atoms with E-state index in [1.807, 2.05) is 48.7 Å². The van der Waals surface area contributed by atoms with E-state index in [4.69, 9.17) is 13.9 Å². The molecule has 0 unspecified atom stereocenters. The van der Waals surface area contributed by atoms with E-state index in [-0.39, 0.29) is 17.6 Å². The number of pyridine rings is 1. The molecule has 10 heteroatoms. The van der Waals surface area contributed by atoms with E-state index < -0.39 is 0 Å². The molecular weight excluding hydrogens is 552 g/mol. The molecule has 0 radical (unpaired) electrons. The third-order valence-corrected chi connectivity index (χ3v) is 8.33. The van der Waals surface area contributed by atoms with Crippen LogP contribution in [-0.2, 0) is 4.74 Å². The standard InChI is InChI=1S/C32H30N4O5S/c1-20-26-17-22(31-33-12-15-42-31)6-8-27(26)41-29(20)30(37)35-24-7-9-28(34-18-24)36-13-10-21(11-14-36)19-40-25-5-3-4-23(16-25)32(38)39-2/h3-9,12,15-18,21H,10-11,13-14,19H2,1-2H3,(H,35,37). The van der Waals surface area contributed by atoms with Crippen molar-refractivity contribution >= 4 is 45.7 Å². The van der Waals surface area contributed by atoms with Gasteiger partial charge in [-0.3, -0.25) is 4.79 Å². The Labute approximate surface area is 247 Å². The topological polar surface area (TPSA) is 107 Å². The minimum absolute atomic E-state index is 0.284. The summed E-state index contributed by atoms with van der Waals surface area (Å²) in [5.41, 5.74) is 3.52. The van der Waals surface area contributed by atoms with Gasteiger partial charge >= 0.3 is 5.97 Å². The van der Waals surface area contributed by atoms with Crippen LogP contribution in [0.25, 0.3) is 21.5 Å². The van der Waals surface area contributed by atoms with Gasteiger partial charge in [-0.2, -0.15) is 0 Å². The minimum atomic E-state index is -0.377. The number of piperidine rings is 1. The van der Waals surface area contributed by atoms with Crippen LogP contribution in [0.3, 0.4) is 0 Å². The number of rotatable bonds is 8. The Kier molecular flexibility index (Phi) is 7.87. The van der Waals surface area contributed by atoms with Crippen molar-refractivity contribution in [1.82, 2.24) is 9.97 Å². The number of benzene rings is 2. The molecule has 6 rings (SSSR count). The zero-order chi connectivity index (χ0) is 29.1. The summed E-state index contributed by atoms with van der Waals surface area (Å²) >= 11 is 1.57. The number of nitrogens with zero attached hydrogens (tertiary/aromatic N) is 3. The van der Waals surface area contributed by atoms with Gasteiger partial charge in [-0.05, 0) is 74.2 Å². The second-order valence-corrected chi connectivity index (χ2v) is 11.1. The summed E-state index contributed by atoms with van der Waals surface area (Å²) in [6, 6.07) is 16.7. The predicted octanol–water partition coefficient (Wildman–Crippen LogP) is 6.59. The van der Waals surface area contributed by atoms with Crippen LogP contribution in [0.15, 0.2) is 76.8 Å². The fourth-order valence-electron chi connectivity index (χ4n) is 5.14. The molecule has 0 aliphatic carbocycles. The fraction of sp³-hybridized carbons (Fsp3) is 0.250. The highest BCUT2D eigenvalue weighted by Gasteiger charge is 2.22. The van der Waals surface area contributed by atoms with E-state index in [0.29, 0.717) is 35.1 Å². The number of carbonyl (C=O) groups excluding carboxylic acids is 2. The van der Waals surface area contributed by atoms with E-state index >= 15 is 0 Å². The van der Waals surface area contributed by atoms with Crippen LogP contribution in [0.4, 0.5) is 11.5 Å². The van der Waals surface area contributed by atoms with E-state index in [1.54, 1.807) is 41.9 Å². The van der Waals surface area contributed by atoms with Gasteiger partial charge in [0.05, 0.1) is 31.2 Å². The van der Waals surface area contributed by atoms with Crippen molar-refractivity contribution in [3.8, 4) is 16.3 Å². The molecule has 0 saturated carbocycles. The molecule has 42 heavy (non-hydrogen) atoms. The van der Waals surface area contributed by atoms with Gasteiger partial charge in [0.2, 0.25) is 0 Å². The molecule has 2 aromatic carbocycles. The molecule has 1 fully saturated rings. The summed E-state index contributed by atoms with van der Waals surface area (Å²) in [6.07, 6.45) is 5.38. The zero-order valence-corrected chi connectivity index (χ0v) is 24.1. The molecule has 4 heterocycles. The van der Waals surface area contributed by atoms with Crippen LogP contribution < -0.4 is 15.0 Å². The maximum atomic E-state index is 13.1. The first-order chi connectivity index (χ1) is 20.5. The van der Waals surface area contributed by atoms with Gasteiger partial charge in [0.25, 0.3) is 5.91 Å². The molecule has 9 nitrogen and oxygen atoms in total. The van der Waals surface area contributed by atoms with Crippen LogP contribution in [0.2, 0.25) is 0 Å². The number of aromatic nitrogens is 2. The Morgan fingerprint density at radius 2 is 1.95 bits per heavy atom. The highest BCUT2D eigenvalue weighted by atomic mass is 32.1. The lowest BCUT2D eigenvalue weighted by atomic mass is 9.98. The monoisotopic (exact) mass is 582 g/mol. The van der Waals surface area contributed by atoms with E-state index in [1.165, 1.54) is 7.11 Å². The molecule has 0 atom stereocenters. The Morgan fingerprint density at radius 1 is 1.10 bits per heavy atom. The Hall–Kier alpha value is -4.70. The summed E-state index contributed by atoms with van der Waals surface area (Å²) in [4.78, 5) is 36.1. The second kappa shape index (κ2) is 12.0. The van der Waals surface area contributed by atoms with Gasteiger partial charge in [-0.15, -0.1) is 11.3 Å². The smallest absolute Gasteiger partial charge is 0.337 e. The van der Waals surface area contributed by atoms with Crippen LogP contribution in [-0.4, -0.2) is 48.7 Å². The lowest BCUT2D eigenvalue weighted by Crippen LogP contribution is -2.36. The van der Waals surface area contributed by atoms with Gasteiger partial charge in [0.15, 0.2) is 5.76 Å². The third kappa shape index (κ3) is 5.84.